The van der Waals surface area contributed by atoms with Gasteiger partial charge in [-0.3, -0.25) is 14.6 Å². The largest absolute Gasteiger partial charge is 0.368 e. The van der Waals surface area contributed by atoms with Crippen LogP contribution in [-0.2, 0) is 4.79 Å². The van der Waals surface area contributed by atoms with E-state index in [1.165, 1.54) is 0 Å². The van der Waals surface area contributed by atoms with Gasteiger partial charge in [-0.05, 0) is 6.92 Å². The third-order valence-corrected chi connectivity index (χ3v) is 2.81. The molecular formula is C9H20N4O. The molecule has 0 aromatic heterocycles. The minimum absolute atomic E-state index is 0.143. The molecule has 1 amide bonds. The van der Waals surface area contributed by atoms with Crippen molar-refractivity contribution in [2.75, 3.05) is 39.3 Å². The van der Waals surface area contributed by atoms with Crippen LogP contribution in [0, 0.1) is 0 Å². The lowest BCUT2D eigenvalue weighted by molar-refractivity contribution is -0.123. The molecule has 0 aromatic carbocycles. The van der Waals surface area contributed by atoms with Gasteiger partial charge in [-0.2, -0.15) is 0 Å². The highest BCUT2D eigenvalue weighted by molar-refractivity contribution is 5.79. The topological polar surface area (TPSA) is 75.6 Å². The Morgan fingerprint density at radius 3 is 2.36 bits per heavy atom. The Bertz CT molecular complexity index is 189. The molecule has 5 nitrogen and oxygen atoms in total. The van der Waals surface area contributed by atoms with Gasteiger partial charge in [-0.1, -0.05) is 0 Å². The molecule has 5 heteroatoms. The lowest BCUT2D eigenvalue weighted by Gasteiger charge is -2.36. The van der Waals surface area contributed by atoms with Gasteiger partial charge in [0.05, 0.1) is 6.04 Å². The molecule has 0 bridgehead atoms. The SMILES string of the molecule is CC(C(N)=O)N1CCN(CCN)CC1. The summed E-state index contributed by atoms with van der Waals surface area (Å²) in [5, 5.41) is 0. The van der Waals surface area contributed by atoms with Gasteiger partial charge in [0.2, 0.25) is 5.91 Å². The molecule has 1 unspecified atom stereocenters. The number of carbonyl (C=O) groups excluding carboxylic acids is 1. The molecule has 1 rings (SSSR count). The van der Waals surface area contributed by atoms with Crippen LogP contribution in [0.4, 0.5) is 0 Å². The Kier molecular flexibility index (Phi) is 4.31. The molecule has 0 aliphatic carbocycles. The van der Waals surface area contributed by atoms with Gasteiger partial charge in [-0.25, -0.2) is 0 Å². The van der Waals surface area contributed by atoms with E-state index in [0.29, 0.717) is 6.54 Å². The van der Waals surface area contributed by atoms with Crippen molar-refractivity contribution in [1.29, 1.82) is 0 Å². The van der Waals surface area contributed by atoms with E-state index in [1.807, 2.05) is 6.92 Å². The number of amides is 1. The quantitative estimate of drug-likeness (QED) is 0.575. The maximum atomic E-state index is 11.0. The van der Waals surface area contributed by atoms with E-state index < -0.39 is 0 Å². The molecule has 4 N–H and O–H groups in total. The first-order chi connectivity index (χ1) is 6.65. The fourth-order valence-corrected chi connectivity index (χ4v) is 1.74. The molecule has 14 heavy (non-hydrogen) atoms. The van der Waals surface area contributed by atoms with E-state index in [2.05, 4.69) is 9.80 Å². The van der Waals surface area contributed by atoms with Crippen LogP contribution in [0.1, 0.15) is 6.92 Å². The summed E-state index contributed by atoms with van der Waals surface area (Å²) in [6.45, 7) is 7.28. The monoisotopic (exact) mass is 200 g/mol. The van der Waals surface area contributed by atoms with E-state index in [9.17, 15) is 4.79 Å². The Balaban J connectivity index is 2.31. The lowest BCUT2D eigenvalue weighted by Crippen LogP contribution is -2.53. The fraction of sp³-hybridized carbons (Fsp3) is 0.889. The van der Waals surface area contributed by atoms with Crippen LogP contribution in [-0.4, -0.2) is 61.0 Å². The van der Waals surface area contributed by atoms with Crippen LogP contribution in [0.3, 0.4) is 0 Å². The molecular weight excluding hydrogens is 180 g/mol. The van der Waals surface area contributed by atoms with Gasteiger partial charge in [0, 0.05) is 39.3 Å². The molecule has 1 aliphatic rings. The standard InChI is InChI=1S/C9H20N4O/c1-8(9(11)14)13-6-4-12(3-2-10)5-7-13/h8H,2-7,10H2,1H3,(H2,11,14). The Labute approximate surface area is 85.0 Å². The third-order valence-electron chi connectivity index (χ3n) is 2.81. The zero-order valence-corrected chi connectivity index (χ0v) is 8.78. The summed E-state index contributed by atoms with van der Waals surface area (Å²) in [5.41, 5.74) is 10.7. The second-order valence-electron chi connectivity index (χ2n) is 3.74. The average molecular weight is 200 g/mol. The van der Waals surface area contributed by atoms with Crippen molar-refractivity contribution in [3.8, 4) is 0 Å². The first-order valence-corrected chi connectivity index (χ1v) is 5.11. The predicted molar refractivity (Wildman–Crippen MR) is 55.7 cm³/mol. The van der Waals surface area contributed by atoms with Crippen molar-refractivity contribution in [2.45, 2.75) is 13.0 Å². The first-order valence-electron chi connectivity index (χ1n) is 5.11. The van der Waals surface area contributed by atoms with Crippen LogP contribution in [0.15, 0.2) is 0 Å². The summed E-state index contributed by atoms with van der Waals surface area (Å²) in [6, 6.07) is -0.143. The highest BCUT2D eigenvalue weighted by Crippen LogP contribution is 2.05. The van der Waals surface area contributed by atoms with Gasteiger partial charge < -0.3 is 11.5 Å². The van der Waals surface area contributed by atoms with Gasteiger partial charge in [0.15, 0.2) is 0 Å². The second kappa shape index (κ2) is 5.29. The zero-order valence-electron chi connectivity index (χ0n) is 8.78. The normalized spacial score (nSPS) is 22.1. The molecule has 1 aliphatic heterocycles. The van der Waals surface area contributed by atoms with Crippen molar-refractivity contribution in [2.24, 2.45) is 11.5 Å². The number of hydrogen-bond acceptors (Lipinski definition) is 4. The van der Waals surface area contributed by atoms with Crippen LogP contribution in [0.25, 0.3) is 0 Å². The predicted octanol–water partition coefficient (Wildman–Crippen LogP) is -1.56. The van der Waals surface area contributed by atoms with E-state index in [4.69, 9.17) is 11.5 Å². The van der Waals surface area contributed by atoms with Crippen molar-refractivity contribution in [3.63, 3.8) is 0 Å². The first kappa shape index (κ1) is 11.4. The van der Waals surface area contributed by atoms with E-state index in [-0.39, 0.29) is 11.9 Å². The minimum atomic E-state index is -0.239. The summed E-state index contributed by atoms with van der Waals surface area (Å²) in [6.07, 6.45) is 0. The van der Waals surface area contributed by atoms with E-state index >= 15 is 0 Å². The summed E-state index contributed by atoms with van der Waals surface area (Å²) >= 11 is 0. The van der Waals surface area contributed by atoms with Crippen molar-refractivity contribution in [1.82, 2.24) is 9.80 Å². The summed E-state index contributed by atoms with van der Waals surface area (Å²) in [4.78, 5) is 15.4. The number of carbonyl (C=O) groups is 1. The van der Waals surface area contributed by atoms with Crippen molar-refractivity contribution >= 4 is 5.91 Å². The highest BCUT2D eigenvalue weighted by Gasteiger charge is 2.23. The molecule has 1 atom stereocenters. The Hall–Kier alpha value is -0.650. The molecule has 0 aromatic rings. The number of rotatable bonds is 4. The van der Waals surface area contributed by atoms with Crippen LogP contribution >= 0.6 is 0 Å². The minimum Gasteiger partial charge on any atom is -0.368 e. The molecule has 0 saturated carbocycles. The summed E-state index contributed by atoms with van der Waals surface area (Å²) in [5.74, 6) is -0.239. The van der Waals surface area contributed by atoms with Crippen LogP contribution < -0.4 is 11.5 Å². The number of nitrogens with zero attached hydrogens (tertiary/aromatic N) is 2. The smallest absolute Gasteiger partial charge is 0.234 e. The molecule has 0 spiro atoms. The van der Waals surface area contributed by atoms with E-state index in [1.54, 1.807) is 0 Å². The van der Waals surface area contributed by atoms with Gasteiger partial charge in [0.25, 0.3) is 0 Å². The fourth-order valence-electron chi connectivity index (χ4n) is 1.74. The number of primary amides is 1. The Morgan fingerprint density at radius 2 is 1.93 bits per heavy atom. The Morgan fingerprint density at radius 1 is 1.36 bits per heavy atom. The summed E-state index contributed by atoms with van der Waals surface area (Å²) in [7, 11) is 0. The molecule has 82 valence electrons. The molecule has 1 saturated heterocycles. The van der Waals surface area contributed by atoms with Crippen LogP contribution in [0.5, 0.6) is 0 Å². The van der Waals surface area contributed by atoms with Gasteiger partial charge in [0.1, 0.15) is 0 Å². The highest BCUT2D eigenvalue weighted by atomic mass is 16.1. The third kappa shape index (κ3) is 2.94. The second-order valence-corrected chi connectivity index (χ2v) is 3.74. The summed E-state index contributed by atoms with van der Waals surface area (Å²) < 4.78 is 0. The lowest BCUT2D eigenvalue weighted by atomic mass is 10.2. The van der Waals surface area contributed by atoms with Crippen LogP contribution in [0.2, 0.25) is 0 Å². The zero-order chi connectivity index (χ0) is 10.6. The van der Waals surface area contributed by atoms with Crippen molar-refractivity contribution in [3.05, 3.63) is 0 Å². The molecule has 1 heterocycles. The van der Waals surface area contributed by atoms with Crippen molar-refractivity contribution < 1.29 is 4.79 Å². The maximum Gasteiger partial charge on any atom is 0.234 e. The number of nitrogens with two attached hydrogens (primary N) is 2. The van der Waals surface area contributed by atoms with E-state index in [0.717, 1.165) is 32.7 Å². The average Bonchev–Trinajstić information content (AvgIpc) is 2.18. The number of piperazine rings is 1. The van der Waals surface area contributed by atoms with Gasteiger partial charge >= 0.3 is 0 Å². The van der Waals surface area contributed by atoms with Gasteiger partial charge in [-0.15, -0.1) is 0 Å². The molecule has 1 fully saturated rings. The maximum absolute atomic E-state index is 11.0. The number of hydrogen-bond donors (Lipinski definition) is 2. The molecule has 0 radical (unpaired) electrons.